The molecule has 1 saturated heterocycles. The molecule has 3 unspecified atom stereocenters. The minimum Gasteiger partial charge on any atom is -0.354 e. The van der Waals surface area contributed by atoms with E-state index in [-0.39, 0.29) is 23.8 Å². The zero-order valence-corrected chi connectivity index (χ0v) is 11.5. The maximum absolute atomic E-state index is 12.2. The normalized spacial score (nSPS) is 34.5. The van der Waals surface area contributed by atoms with Crippen molar-refractivity contribution in [3.63, 3.8) is 0 Å². The first-order valence-electron chi connectivity index (χ1n) is 6.82. The number of nitrogens with one attached hydrogen (secondary N) is 1. The van der Waals surface area contributed by atoms with E-state index in [1.807, 2.05) is 0 Å². The Labute approximate surface area is 112 Å². The molecule has 3 aliphatic rings. The second-order valence-electron chi connectivity index (χ2n) is 5.83. The molecule has 2 saturated carbocycles. The third-order valence-electron chi connectivity index (χ3n) is 4.16. The minimum absolute atomic E-state index is 0.0496. The second-order valence-corrected chi connectivity index (χ2v) is 6.83. The summed E-state index contributed by atoms with van der Waals surface area (Å²) in [4.78, 5) is 26.1. The molecule has 0 aromatic carbocycles. The van der Waals surface area contributed by atoms with Gasteiger partial charge in [0.2, 0.25) is 11.8 Å². The van der Waals surface area contributed by atoms with Gasteiger partial charge < -0.3 is 10.2 Å². The zero-order valence-electron chi connectivity index (χ0n) is 10.7. The van der Waals surface area contributed by atoms with Crippen molar-refractivity contribution in [2.75, 3.05) is 18.2 Å². The summed E-state index contributed by atoms with van der Waals surface area (Å²) in [5.74, 6) is 3.07. The van der Waals surface area contributed by atoms with E-state index in [1.165, 1.54) is 12.8 Å². The van der Waals surface area contributed by atoms with Crippen LogP contribution in [0.5, 0.6) is 0 Å². The van der Waals surface area contributed by atoms with Crippen LogP contribution in [0.4, 0.5) is 0 Å². The number of hydrogen-bond donors (Lipinski definition) is 1. The first-order chi connectivity index (χ1) is 8.66. The molecule has 1 N–H and O–H groups in total. The van der Waals surface area contributed by atoms with Crippen LogP contribution < -0.4 is 5.32 Å². The van der Waals surface area contributed by atoms with E-state index in [0.717, 1.165) is 18.7 Å². The van der Waals surface area contributed by atoms with Gasteiger partial charge in [-0.1, -0.05) is 6.92 Å². The van der Waals surface area contributed by atoms with Gasteiger partial charge in [-0.05, 0) is 31.1 Å². The number of rotatable bonds is 4. The maximum Gasteiger partial charge on any atom is 0.243 e. The second kappa shape index (κ2) is 4.76. The van der Waals surface area contributed by atoms with Gasteiger partial charge in [-0.2, -0.15) is 0 Å². The summed E-state index contributed by atoms with van der Waals surface area (Å²) in [5.41, 5.74) is 0. The van der Waals surface area contributed by atoms with Crippen LogP contribution in [0.25, 0.3) is 0 Å². The largest absolute Gasteiger partial charge is 0.354 e. The number of carbonyl (C=O) groups excluding carboxylic acids is 2. The quantitative estimate of drug-likeness (QED) is 0.830. The fourth-order valence-corrected chi connectivity index (χ4v) is 3.60. The molecule has 0 spiro atoms. The van der Waals surface area contributed by atoms with E-state index in [1.54, 1.807) is 16.7 Å². The van der Waals surface area contributed by atoms with Gasteiger partial charge in [-0.3, -0.25) is 9.59 Å². The molecule has 3 atom stereocenters. The number of hydrogen-bond acceptors (Lipinski definition) is 3. The van der Waals surface area contributed by atoms with E-state index in [2.05, 4.69) is 12.2 Å². The standard InChI is InChI=1S/C13H20N2O2S/c1-8-4-10(8)13(17)15-7-18-6-11(15)12(16)14-5-9-2-3-9/h8-11H,2-7H2,1H3,(H,14,16). The molecule has 0 bridgehead atoms. The van der Waals surface area contributed by atoms with Crippen LogP contribution >= 0.6 is 11.8 Å². The van der Waals surface area contributed by atoms with Gasteiger partial charge in [-0.15, -0.1) is 11.8 Å². The topological polar surface area (TPSA) is 49.4 Å². The fraction of sp³-hybridized carbons (Fsp3) is 0.846. The summed E-state index contributed by atoms with van der Waals surface area (Å²) in [6, 6.07) is -0.228. The number of nitrogens with zero attached hydrogens (tertiary/aromatic N) is 1. The number of amides is 2. The summed E-state index contributed by atoms with van der Waals surface area (Å²) in [6.07, 6.45) is 3.47. The lowest BCUT2D eigenvalue weighted by atomic mass is 10.2. The van der Waals surface area contributed by atoms with Crippen LogP contribution in [0.3, 0.4) is 0 Å². The third kappa shape index (κ3) is 2.51. The van der Waals surface area contributed by atoms with E-state index in [0.29, 0.717) is 17.7 Å². The van der Waals surface area contributed by atoms with Crippen molar-refractivity contribution < 1.29 is 9.59 Å². The van der Waals surface area contributed by atoms with Gasteiger partial charge in [0.25, 0.3) is 0 Å². The Bertz CT molecular complexity index is 370. The highest BCUT2D eigenvalue weighted by molar-refractivity contribution is 7.99. The highest BCUT2D eigenvalue weighted by atomic mass is 32.2. The Morgan fingerprint density at radius 2 is 2.11 bits per heavy atom. The molecule has 4 nitrogen and oxygen atoms in total. The highest BCUT2D eigenvalue weighted by Crippen LogP contribution is 2.40. The summed E-state index contributed by atoms with van der Waals surface area (Å²) in [5, 5.41) is 3.00. The fourth-order valence-electron chi connectivity index (χ4n) is 2.44. The molecule has 100 valence electrons. The van der Waals surface area contributed by atoms with Gasteiger partial charge in [0.1, 0.15) is 6.04 Å². The van der Waals surface area contributed by atoms with Crippen molar-refractivity contribution in [3.05, 3.63) is 0 Å². The van der Waals surface area contributed by atoms with Crippen molar-refractivity contribution in [2.45, 2.75) is 32.2 Å². The smallest absolute Gasteiger partial charge is 0.243 e. The van der Waals surface area contributed by atoms with Gasteiger partial charge >= 0.3 is 0 Å². The average molecular weight is 268 g/mol. The summed E-state index contributed by atoms with van der Waals surface area (Å²) in [6.45, 7) is 2.90. The predicted octanol–water partition coefficient (Wildman–Crippen LogP) is 1.07. The third-order valence-corrected chi connectivity index (χ3v) is 5.17. The van der Waals surface area contributed by atoms with Crippen molar-refractivity contribution in [3.8, 4) is 0 Å². The lowest BCUT2D eigenvalue weighted by molar-refractivity contribution is -0.139. The van der Waals surface area contributed by atoms with E-state index >= 15 is 0 Å². The molecule has 0 aromatic heterocycles. The molecule has 0 radical (unpaired) electrons. The zero-order chi connectivity index (χ0) is 12.7. The van der Waals surface area contributed by atoms with Gasteiger partial charge in [0, 0.05) is 18.2 Å². The van der Waals surface area contributed by atoms with Crippen molar-refractivity contribution in [2.24, 2.45) is 17.8 Å². The average Bonchev–Trinajstić information content (AvgIpc) is 3.25. The van der Waals surface area contributed by atoms with Crippen LogP contribution in [-0.4, -0.2) is 40.9 Å². The Morgan fingerprint density at radius 1 is 1.39 bits per heavy atom. The van der Waals surface area contributed by atoms with Crippen LogP contribution in [0.2, 0.25) is 0 Å². The highest BCUT2D eigenvalue weighted by Gasteiger charge is 2.45. The lowest BCUT2D eigenvalue weighted by Crippen LogP contribution is -2.48. The Kier molecular flexibility index (Phi) is 3.26. The molecular formula is C13H20N2O2S. The molecule has 2 amide bonds. The van der Waals surface area contributed by atoms with E-state index < -0.39 is 0 Å². The molecule has 2 aliphatic carbocycles. The number of thioether (sulfide) groups is 1. The van der Waals surface area contributed by atoms with Crippen molar-refractivity contribution in [1.29, 1.82) is 0 Å². The summed E-state index contributed by atoms with van der Waals surface area (Å²) in [7, 11) is 0. The van der Waals surface area contributed by atoms with Gasteiger partial charge in [-0.25, -0.2) is 0 Å². The SMILES string of the molecule is CC1CC1C(=O)N1CSCC1C(=O)NCC1CC1. The molecule has 5 heteroatoms. The molecule has 18 heavy (non-hydrogen) atoms. The van der Waals surface area contributed by atoms with Gasteiger partial charge in [0.15, 0.2) is 0 Å². The predicted molar refractivity (Wildman–Crippen MR) is 71.0 cm³/mol. The van der Waals surface area contributed by atoms with Gasteiger partial charge in [0.05, 0.1) is 5.88 Å². The Balaban J connectivity index is 1.55. The lowest BCUT2D eigenvalue weighted by Gasteiger charge is -2.23. The molecule has 3 fully saturated rings. The van der Waals surface area contributed by atoms with E-state index in [9.17, 15) is 9.59 Å². The minimum atomic E-state index is -0.228. The maximum atomic E-state index is 12.2. The monoisotopic (exact) mass is 268 g/mol. The molecular weight excluding hydrogens is 248 g/mol. The Hall–Kier alpha value is -0.710. The van der Waals surface area contributed by atoms with Crippen LogP contribution in [0, 0.1) is 17.8 Å². The summed E-state index contributed by atoms with van der Waals surface area (Å²) >= 11 is 1.69. The number of carbonyl (C=O) groups is 2. The molecule has 1 heterocycles. The van der Waals surface area contributed by atoms with Crippen LogP contribution in [-0.2, 0) is 9.59 Å². The van der Waals surface area contributed by atoms with Crippen molar-refractivity contribution >= 4 is 23.6 Å². The van der Waals surface area contributed by atoms with E-state index in [4.69, 9.17) is 0 Å². The first kappa shape index (κ1) is 12.3. The Morgan fingerprint density at radius 3 is 2.72 bits per heavy atom. The molecule has 0 aromatic rings. The molecule has 3 rings (SSSR count). The van der Waals surface area contributed by atoms with Crippen LogP contribution in [0.1, 0.15) is 26.2 Å². The first-order valence-corrected chi connectivity index (χ1v) is 7.98. The van der Waals surface area contributed by atoms with Crippen molar-refractivity contribution in [1.82, 2.24) is 10.2 Å². The molecule has 1 aliphatic heterocycles. The summed E-state index contributed by atoms with van der Waals surface area (Å²) < 4.78 is 0. The van der Waals surface area contributed by atoms with Crippen LogP contribution in [0.15, 0.2) is 0 Å².